The number of aryl methyl sites for hydroxylation is 1. The summed E-state index contributed by atoms with van der Waals surface area (Å²) in [6.45, 7) is 6.89. The molecule has 3 heteroatoms. The van der Waals surface area contributed by atoms with Crippen molar-refractivity contribution < 1.29 is 0 Å². The number of anilines is 1. The fourth-order valence-electron chi connectivity index (χ4n) is 2.23. The Morgan fingerprint density at radius 2 is 2.29 bits per heavy atom. The summed E-state index contributed by atoms with van der Waals surface area (Å²) in [5.41, 5.74) is 4.18. The molecule has 0 N–H and O–H groups in total. The third-order valence-electron chi connectivity index (χ3n) is 3.43. The van der Waals surface area contributed by atoms with Gasteiger partial charge in [0.05, 0.1) is 0 Å². The molecule has 0 aromatic heterocycles. The smallest absolute Gasteiger partial charge is 0.0369 e. The molecule has 1 nitrogen and oxygen atoms in total. The molecule has 0 radical (unpaired) electrons. The van der Waals surface area contributed by atoms with Crippen molar-refractivity contribution in [2.24, 2.45) is 0 Å². The summed E-state index contributed by atoms with van der Waals surface area (Å²) in [7, 11) is 0. The molecule has 1 fully saturated rings. The quantitative estimate of drug-likeness (QED) is 0.769. The van der Waals surface area contributed by atoms with Gasteiger partial charge in [0.1, 0.15) is 0 Å². The molecule has 17 heavy (non-hydrogen) atoms. The molecule has 0 saturated carbocycles. The Balaban J connectivity index is 2.13. The third-order valence-corrected chi connectivity index (χ3v) is 5.41. The SMILES string of the molecule is CCC1CN(c2ccc(CBr)c(C)c2)CCS1. The van der Waals surface area contributed by atoms with E-state index >= 15 is 0 Å². The number of halogens is 1. The van der Waals surface area contributed by atoms with E-state index in [2.05, 4.69) is 64.6 Å². The zero-order chi connectivity index (χ0) is 12.3. The first-order valence-electron chi connectivity index (χ1n) is 6.26. The van der Waals surface area contributed by atoms with Crippen LogP contribution in [0.1, 0.15) is 24.5 Å². The van der Waals surface area contributed by atoms with Crippen molar-refractivity contribution in [1.29, 1.82) is 0 Å². The van der Waals surface area contributed by atoms with Crippen LogP contribution in [0.25, 0.3) is 0 Å². The minimum Gasteiger partial charge on any atom is -0.370 e. The van der Waals surface area contributed by atoms with Crippen LogP contribution in [-0.2, 0) is 5.33 Å². The fraction of sp³-hybridized carbons (Fsp3) is 0.571. The topological polar surface area (TPSA) is 3.24 Å². The molecule has 1 aliphatic heterocycles. The Morgan fingerprint density at radius 1 is 1.47 bits per heavy atom. The summed E-state index contributed by atoms with van der Waals surface area (Å²) in [6.07, 6.45) is 1.28. The summed E-state index contributed by atoms with van der Waals surface area (Å²) in [6, 6.07) is 6.85. The van der Waals surface area contributed by atoms with Gasteiger partial charge in [-0.1, -0.05) is 28.9 Å². The summed E-state index contributed by atoms with van der Waals surface area (Å²) in [4.78, 5) is 2.54. The van der Waals surface area contributed by atoms with Crippen molar-refractivity contribution in [3.05, 3.63) is 29.3 Å². The number of nitrogens with zero attached hydrogens (tertiary/aromatic N) is 1. The predicted octanol–water partition coefficient (Wildman–Crippen LogP) is 4.22. The van der Waals surface area contributed by atoms with E-state index in [0.717, 1.165) is 10.6 Å². The standard InChI is InChI=1S/C14H20BrNS/c1-3-14-10-16(6-7-17-14)13-5-4-12(9-15)11(2)8-13/h4-5,8,14H,3,6-7,9-10H2,1-2H3. The molecule has 0 bridgehead atoms. The molecule has 1 atom stereocenters. The van der Waals surface area contributed by atoms with E-state index in [4.69, 9.17) is 0 Å². The van der Waals surface area contributed by atoms with E-state index in [1.54, 1.807) is 0 Å². The second-order valence-electron chi connectivity index (χ2n) is 4.59. The van der Waals surface area contributed by atoms with Gasteiger partial charge in [0.15, 0.2) is 0 Å². The van der Waals surface area contributed by atoms with Crippen molar-refractivity contribution in [2.75, 3.05) is 23.7 Å². The molecular formula is C14H20BrNS. The summed E-state index contributed by atoms with van der Waals surface area (Å²) < 4.78 is 0. The molecule has 1 aliphatic rings. The Bertz CT molecular complexity index is 380. The maximum Gasteiger partial charge on any atom is 0.0369 e. The van der Waals surface area contributed by atoms with Gasteiger partial charge in [0.2, 0.25) is 0 Å². The lowest BCUT2D eigenvalue weighted by atomic mass is 10.1. The monoisotopic (exact) mass is 313 g/mol. The Hall–Kier alpha value is -0.150. The van der Waals surface area contributed by atoms with Gasteiger partial charge < -0.3 is 4.90 Å². The number of thioether (sulfide) groups is 1. The molecule has 1 heterocycles. The molecule has 2 rings (SSSR count). The molecule has 1 aromatic rings. The van der Waals surface area contributed by atoms with Crippen LogP contribution in [0.4, 0.5) is 5.69 Å². The van der Waals surface area contributed by atoms with Gasteiger partial charge in [-0.25, -0.2) is 0 Å². The number of hydrogen-bond donors (Lipinski definition) is 0. The minimum atomic E-state index is 0.805. The van der Waals surface area contributed by atoms with Gasteiger partial charge in [-0.15, -0.1) is 0 Å². The van der Waals surface area contributed by atoms with Crippen LogP contribution in [0.5, 0.6) is 0 Å². The van der Waals surface area contributed by atoms with Gasteiger partial charge in [0, 0.05) is 35.1 Å². The Kier molecular flexibility index (Phi) is 4.80. The van der Waals surface area contributed by atoms with Gasteiger partial charge in [-0.2, -0.15) is 11.8 Å². The summed E-state index contributed by atoms with van der Waals surface area (Å²) in [5, 5.41) is 1.76. The van der Waals surface area contributed by atoms with Gasteiger partial charge in [-0.3, -0.25) is 0 Å². The van der Waals surface area contributed by atoms with Crippen molar-refractivity contribution in [3.63, 3.8) is 0 Å². The molecule has 1 saturated heterocycles. The second kappa shape index (κ2) is 6.14. The second-order valence-corrected chi connectivity index (χ2v) is 6.56. The van der Waals surface area contributed by atoms with E-state index < -0.39 is 0 Å². The molecule has 0 amide bonds. The van der Waals surface area contributed by atoms with Gasteiger partial charge >= 0.3 is 0 Å². The molecule has 1 aromatic carbocycles. The number of hydrogen-bond acceptors (Lipinski definition) is 2. The van der Waals surface area contributed by atoms with E-state index in [1.165, 1.54) is 42.1 Å². The minimum absolute atomic E-state index is 0.805. The van der Waals surface area contributed by atoms with E-state index in [1.807, 2.05) is 0 Å². The maximum atomic E-state index is 3.53. The highest BCUT2D eigenvalue weighted by Crippen LogP contribution is 2.27. The van der Waals surface area contributed by atoms with E-state index in [9.17, 15) is 0 Å². The highest BCUT2D eigenvalue weighted by Gasteiger charge is 2.19. The van der Waals surface area contributed by atoms with Crippen molar-refractivity contribution in [3.8, 4) is 0 Å². The highest BCUT2D eigenvalue weighted by molar-refractivity contribution is 9.08. The van der Waals surface area contributed by atoms with Crippen LogP contribution in [0.15, 0.2) is 18.2 Å². The van der Waals surface area contributed by atoms with E-state index in [0.29, 0.717) is 0 Å². The number of rotatable bonds is 3. The van der Waals surface area contributed by atoms with Crippen molar-refractivity contribution in [2.45, 2.75) is 30.8 Å². The summed E-state index contributed by atoms with van der Waals surface area (Å²) in [5.74, 6) is 1.26. The zero-order valence-electron chi connectivity index (χ0n) is 10.6. The molecule has 0 aliphatic carbocycles. The number of benzene rings is 1. The predicted molar refractivity (Wildman–Crippen MR) is 82.6 cm³/mol. The lowest BCUT2D eigenvalue weighted by Gasteiger charge is -2.34. The van der Waals surface area contributed by atoms with E-state index in [-0.39, 0.29) is 0 Å². The average molecular weight is 314 g/mol. The Labute approximate surface area is 117 Å². The van der Waals surface area contributed by atoms with Crippen LogP contribution in [0.2, 0.25) is 0 Å². The van der Waals surface area contributed by atoms with Crippen molar-refractivity contribution >= 4 is 33.4 Å². The molecule has 1 unspecified atom stereocenters. The average Bonchev–Trinajstić information content (AvgIpc) is 2.38. The van der Waals surface area contributed by atoms with Crippen LogP contribution >= 0.6 is 27.7 Å². The third kappa shape index (κ3) is 3.19. The van der Waals surface area contributed by atoms with Crippen LogP contribution in [-0.4, -0.2) is 24.1 Å². The summed E-state index contributed by atoms with van der Waals surface area (Å²) >= 11 is 5.66. The lowest BCUT2D eigenvalue weighted by molar-refractivity contribution is 0.728. The normalized spacial score (nSPS) is 20.6. The van der Waals surface area contributed by atoms with Crippen molar-refractivity contribution in [1.82, 2.24) is 0 Å². The van der Waals surface area contributed by atoms with Gasteiger partial charge in [-0.05, 0) is 36.6 Å². The molecular weight excluding hydrogens is 294 g/mol. The van der Waals surface area contributed by atoms with Crippen LogP contribution in [0, 0.1) is 6.92 Å². The molecule has 94 valence electrons. The first kappa shape index (κ1) is 13.3. The lowest BCUT2D eigenvalue weighted by Crippen LogP contribution is -2.37. The molecule has 0 spiro atoms. The first-order valence-corrected chi connectivity index (χ1v) is 8.43. The fourth-order valence-corrected chi connectivity index (χ4v) is 4.04. The first-order chi connectivity index (χ1) is 8.24. The number of alkyl halides is 1. The maximum absolute atomic E-state index is 3.53. The largest absolute Gasteiger partial charge is 0.370 e. The highest BCUT2D eigenvalue weighted by atomic mass is 79.9. The zero-order valence-corrected chi connectivity index (χ0v) is 13.0. The van der Waals surface area contributed by atoms with Crippen LogP contribution < -0.4 is 4.90 Å². The van der Waals surface area contributed by atoms with Crippen LogP contribution in [0.3, 0.4) is 0 Å². The van der Waals surface area contributed by atoms with Gasteiger partial charge in [0.25, 0.3) is 0 Å². The Morgan fingerprint density at radius 3 is 2.94 bits per heavy atom.